The highest BCUT2D eigenvalue weighted by Crippen LogP contribution is 2.34. The predicted molar refractivity (Wildman–Crippen MR) is 122 cm³/mol. The van der Waals surface area contributed by atoms with Gasteiger partial charge in [-0.2, -0.15) is 0 Å². The third kappa shape index (κ3) is 5.40. The Balaban J connectivity index is 1.36. The summed E-state index contributed by atoms with van der Waals surface area (Å²) in [5, 5.41) is 28.1. The lowest BCUT2D eigenvalue weighted by Crippen LogP contribution is -2.48. The smallest absolute Gasteiger partial charge is 0.404 e. The molecule has 0 spiro atoms. The van der Waals surface area contributed by atoms with Crippen molar-refractivity contribution in [3.63, 3.8) is 0 Å². The standard InChI is InChI=1S/C25H27N3O5/c1-25(2,16-3-8-20(9-4-16)32-22-13-19(14-22)26-24(30)31)17-5-10-21(11-6-17)33-23-12-7-18(15-29)27-28-23/h3-12,19,22,26,29H,13-15H2,1-2H3,(H,30,31)/t19-,22-. The SMILES string of the molecule is CC(C)(c1ccc(Oc2ccc(CO)nn2)cc1)c1ccc(O[C@H]2C[C@H](NC(=O)O)C2)cc1. The van der Waals surface area contributed by atoms with Crippen molar-refractivity contribution in [3.05, 3.63) is 77.5 Å². The summed E-state index contributed by atoms with van der Waals surface area (Å²) in [5.74, 6) is 1.80. The fraction of sp³-hybridized carbons (Fsp3) is 0.320. The lowest BCUT2D eigenvalue weighted by Gasteiger charge is -2.35. The largest absolute Gasteiger partial charge is 0.490 e. The zero-order chi connectivity index (χ0) is 23.4. The number of aliphatic hydroxyl groups is 1. The zero-order valence-electron chi connectivity index (χ0n) is 18.6. The van der Waals surface area contributed by atoms with Crippen LogP contribution < -0.4 is 14.8 Å². The monoisotopic (exact) mass is 449 g/mol. The van der Waals surface area contributed by atoms with Crippen LogP contribution in [0.5, 0.6) is 17.4 Å². The summed E-state index contributed by atoms with van der Waals surface area (Å²) in [6.07, 6.45) is 0.420. The molecule has 172 valence electrons. The first-order valence-corrected chi connectivity index (χ1v) is 10.8. The molecule has 1 heterocycles. The number of hydrogen-bond acceptors (Lipinski definition) is 6. The van der Waals surface area contributed by atoms with E-state index in [4.69, 9.17) is 19.7 Å². The van der Waals surface area contributed by atoms with E-state index in [2.05, 4.69) is 41.5 Å². The van der Waals surface area contributed by atoms with Gasteiger partial charge in [0.15, 0.2) is 0 Å². The average molecular weight is 450 g/mol. The second kappa shape index (κ2) is 9.46. The molecule has 1 aromatic heterocycles. The molecule has 1 aliphatic carbocycles. The van der Waals surface area contributed by atoms with Crippen LogP contribution in [0.15, 0.2) is 60.7 Å². The van der Waals surface area contributed by atoms with E-state index < -0.39 is 6.09 Å². The molecule has 1 amide bonds. The number of aliphatic hydroxyl groups excluding tert-OH is 1. The van der Waals surface area contributed by atoms with Crippen LogP contribution in [-0.2, 0) is 12.0 Å². The van der Waals surface area contributed by atoms with Crippen LogP contribution in [0.1, 0.15) is 43.5 Å². The number of aromatic nitrogens is 2. The van der Waals surface area contributed by atoms with Gasteiger partial charge in [-0.05, 0) is 41.5 Å². The molecule has 33 heavy (non-hydrogen) atoms. The maximum absolute atomic E-state index is 10.7. The first-order chi connectivity index (χ1) is 15.8. The van der Waals surface area contributed by atoms with Crippen LogP contribution in [0.4, 0.5) is 4.79 Å². The number of nitrogens with one attached hydrogen (secondary N) is 1. The lowest BCUT2D eigenvalue weighted by atomic mass is 9.78. The molecule has 3 aromatic rings. The number of nitrogens with zero attached hydrogens (tertiary/aromatic N) is 2. The molecule has 0 atom stereocenters. The van der Waals surface area contributed by atoms with Crippen molar-refractivity contribution < 1.29 is 24.5 Å². The molecule has 0 bridgehead atoms. The Kier molecular flexibility index (Phi) is 6.46. The minimum atomic E-state index is -0.991. The van der Waals surface area contributed by atoms with E-state index in [-0.39, 0.29) is 24.2 Å². The van der Waals surface area contributed by atoms with Gasteiger partial charge in [0.05, 0.1) is 12.3 Å². The first-order valence-electron chi connectivity index (χ1n) is 10.8. The van der Waals surface area contributed by atoms with Gasteiger partial charge < -0.3 is 25.0 Å². The first kappa shape index (κ1) is 22.5. The fourth-order valence-electron chi connectivity index (χ4n) is 3.81. The molecule has 4 rings (SSSR count). The second-order valence-corrected chi connectivity index (χ2v) is 8.65. The normalized spacial score (nSPS) is 17.7. The van der Waals surface area contributed by atoms with E-state index in [1.165, 1.54) is 0 Å². The molecule has 0 saturated heterocycles. The maximum atomic E-state index is 10.7. The number of carbonyl (C=O) groups is 1. The predicted octanol–water partition coefficient (Wildman–Crippen LogP) is 4.26. The number of carboxylic acid groups (broad SMARTS) is 1. The molecule has 8 heteroatoms. The topological polar surface area (TPSA) is 114 Å². The molecule has 2 aromatic carbocycles. The van der Waals surface area contributed by atoms with Crippen molar-refractivity contribution in [3.8, 4) is 17.4 Å². The Morgan fingerprint density at radius 1 is 0.970 bits per heavy atom. The van der Waals surface area contributed by atoms with Crippen LogP contribution in [0.3, 0.4) is 0 Å². The molecular formula is C25H27N3O5. The summed E-state index contributed by atoms with van der Waals surface area (Å²) in [7, 11) is 0. The quantitative estimate of drug-likeness (QED) is 0.471. The van der Waals surface area contributed by atoms with Crippen molar-refractivity contribution in [1.82, 2.24) is 15.5 Å². The molecular weight excluding hydrogens is 422 g/mol. The van der Waals surface area contributed by atoms with Gasteiger partial charge in [0.1, 0.15) is 17.6 Å². The number of amides is 1. The van der Waals surface area contributed by atoms with Crippen LogP contribution in [0, 0.1) is 0 Å². The summed E-state index contributed by atoms with van der Waals surface area (Å²) in [6.45, 7) is 4.16. The average Bonchev–Trinajstić information content (AvgIpc) is 2.78. The summed E-state index contributed by atoms with van der Waals surface area (Å²) < 4.78 is 11.7. The Hall–Kier alpha value is -3.65. The number of ether oxygens (including phenoxy) is 2. The van der Waals surface area contributed by atoms with Crippen LogP contribution >= 0.6 is 0 Å². The molecule has 1 fully saturated rings. The van der Waals surface area contributed by atoms with Gasteiger partial charge in [0.25, 0.3) is 0 Å². The maximum Gasteiger partial charge on any atom is 0.404 e. The Labute approximate surface area is 192 Å². The molecule has 3 N–H and O–H groups in total. The van der Waals surface area contributed by atoms with Crippen molar-refractivity contribution in [2.75, 3.05) is 0 Å². The number of rotatable bonds is 8. The number of benzene rings is 2. The lowest BCUT2D eigenvalue weighted by molar-refractivity contribution is 0.0833. The minimum absolute atomic E-state index is 0.0235. The zero-order valence-corrected chi connectivity index (χ0v) is 18.6. The molecule has 1 saturated carbocycles. The number of hydrogen-bond donors (Lipinski definition) is 3. The van der Waals surface area contributed by atoms with Crippen molar-refractivity contribution >= 4 is 6.09 Å². The molecule has 8 nitrogen and oxygen atoms in total. The summed E-state index contributed by atoms with van der Waals surface area (Å²) in [4.78, 5) is 10.7. The highest BCUT2D eigenvalue weighted by Gasteiger charge is 2.32. The third-order valence-electron chi connectivity index (χ3n) is 5.96. The van der Waals surface area contributed by atoms with E-state index in [0.29, 0.717) is 30.2 Å². The molecule has 0 unspecified atom stereocenters. The molecule has 0 radical (unpaired) electrons. The third-order valence-corrected chi connectivity index (χ3v) is 5.96. The Morgan fingerprint density at radius 3 is 2.09 bits per heavy atom. The second-order valence-electron chi connectivity index (χ2n) is 8.65. The van der Waals surface area contributed by atoms with Crippen molar-refractivity contribution in [2.24, 2.45) is 0 Å². The van der Waals surface area contributed by atoms with Crippen molar-refractivity contribution in [2.45, 2.75) is 50.9 Å². The Morgan fingerprint density at radius 2 is 1.58 bits per heavy atom. The minimum Gasteiger partial charge on any atom is -0.490 e. The summed E-state index contributed by atoms with van der Waals surface area (Å²) in [5.41, 5.74) is 2.54. The van der Waals surface area contributed by atoms with Crippen molar-refractivity contribution in [1.29, 1.82) is 0 Å². The van der Waals surface area contributed by atoms with E-state index in [9.17, 15) is 4.79 Å². The fourth-order valence-corrected chi connectivity index (χ4v) is 3.81. The molecule has 1 aliphatic rings. The van der Waals surface area contributed by atoms with E-state index >= 15 is 0 Å². The Bertz CT molecular complexity index is 1080. The van der Waals surface area contributed by atoms with E-state index in [1.807, 2.05) is 36.4 Å². The van der Waals surface area contributed by atoms with E-state index in [0.717, 1.165) is 16.9 Å². The summed E-state index contributed by atoms with van der Waals surface area (Å²) >= 11 is 0. The van der Waals surface area contributed by atoms with Crippen LogP contribution in [0.2, 0.25) is 0 Å². The van der Waals surface area contributed by atoms with Gasteiger partial charge in [0.2, 0.25) is 5.88 Å². The summed E-state index contributed by atoms with van der Waals surface area (Å²) in [6, 6.07) is 19.2. The highest BCUT2D eigenvalue weighted by atomic mass is 16.5. The van der Waals surface area contributed by atoms with Gasteiger partial charge in [-0.3, -0.25) is 0 Å². The van der Waals surface area contributed by atoms with E-state index in [1.54, 1.807) is 12.1 Å². The van der Waals surface area contributed by atoms with Gasteiger partial charge >= 0.3 is 6.09 Å². The van der Waals surface area contributed by atoms with Crippen LogP contribution in [-0.4, -0.2) is 38.6 Å². The van der Waals surface area contributed by atoms with Gasteiger partial charge in [-0.15, -0.1) is 10.2 Å². The van der Waals surface area contributed by atoms with Crippen LogP contribution in [0.25, 0.3) is 0 Å². The van der Waals surface area contributed by atoms with Gasteiger partial charge in [0, 0.05) is 30.4 Å². The highest BCUT2D eigenvalue weighted by molar-refractivity contribution is 5.65. The van der Waals surface area contributed by atoms with Gasteiger partial charge in [-0.25, -0.2) is 4.79 Å². The van der Waals surface area contributed by atoms with Gasteiger partial charge in [-0.1, -0.05) is 38.1 Å². The molecule has 0 aliphatic heterocycles.